The summed E-state index contributed by atoms with van der Waals surface area (Å²) in [4.78, 5) is 15.1. The molecule has 1 aliphatic rings. The van der Waals surface area contributed by atoms with Gasteiger partial charge >= 0.3 is 0 Å². The molecule has 4 nitrogen and oxygen atoms in total. The summed E-state index contributed by atoms with van der Waals surface area (Å²) in [6.07, 6.45) is 2.62. The summed E-state index contributed by atoms with van der Waals surface area (Å²) < 4.78 is 17.1. The van der Waals surface area contributed by atoms with Crippen LogP contribution in [0.1, 0.15) is 33.8 Å². The Morgan fingerprint density at radius 3 is 3.10 bits per heavy atom. The molecule has 0 spiro atoms. The second-order valence-electron chi connectivity index (χ2n) is 5.32. The fraction of sp³-hybridized carbons (Fsp3) is 0.400. The maximum atomic E-state index is 13.3. The van der Waals surface area contributed by atoms with E-state index in [4.69, 9.17) is 0 Å². The van der Waals surface area contributed by atoms with Crippen LogP contribution in [0.15, 0.2) is 24.3 Å². The number of carbonyl (C=O) groups is 1. The second kappa shape index (κ2) is 5.89. The highest BCUT2D eigenvalue weighted by atomic mass is 32.1. The van der Waals surface area contributed by atoms with Crippen molar-refractivity contribution in [2.45, 2.75) is 32.2 Å². The van der Waals surface area contributed by atoms with Crippen LogP contribution in [0.4, 0.5) is 4.39 Å². The summed E-state index contributed by atoms with van der Waals surface area (Å²) in [6.45, 7) is 2.55. The van der Waals surface area contributed by atoms with Crippen LogP contribution in [-0.2, 0) is 6.42 Å². The molecule has 1 aromatic heterocycles. The molecule has 2 heterocycles. The molecule has 0 unspecified atom stereocenters. The predicted molar refractivity (Wildman–Crippen MR) is 78.8 cm³/mol. The van der Waals surface area contributed by atoms with Gasteiger partial charge in [0, 0.05) is 12.6 Å². The van der Waals surface area contributed by atoms with Crippen LogP contribution in [0.3, 0.4) is 0 Å². The quantitative estimate of drug-likeness (QED) is 0.876. The number of benzene rings is 1. The van der Waals surface area contributed by atoms with Crippen LogP contribution < -0.4 is 0 Å². The maximum Gasteiger partial charge on any atom is 0.267 e. The first-order valence-electron chi connectivity index (χ1n) is 6.99. The molecule has 6 heteroatoms. The van der Waals surface area contributed by atoms with Gasteiger partial charge in [0.05, 0.1) is 5.69 Å². The van der Waals surface area contributed by atoms with E-state index in [0.29, 0.717) is 17.0 Å². The molecular formula is C15H16FN3OS. The smallest absolute Gasteiger partial charge is 0.267 e. The molecule has 1 atom stereocenters. The van der Waals surface area contributed by atoms with E-state index in [1.807, 2.05) is 11.0 Å². The summed E-state index contributed by atoms with van der Waals surface area (Å²) in [5.74, 6) is -0.229. The number of hydrogen-bond donors (Lipinski definition) is 0. The van der Waals surface area contributed by atoms with Crippen molar-refractivity contribution in [3.63, 3.8) is 0 Å². The van der Waals surface area contributed by atoms with Gasteiger partial charge in [-0.25, -0.2) is 4.39 Å². The standard InChI is InChI=1S/C15H16FN3OS/c1-10-14(21-18-17-10)15(20)19-7-3-6-13(19)9-11-4-2-5-12(16)8-11/h2,4-5,8,13H,3,6-7,9H2,1H3/t13-/m0/s1. The van der Waals surface area contributed by atoms with Crippen LogP contribution in [0.25, 0.3) is 0 Å². The molecule has 1 aromatic carbocycles. The van der Waals surface area contributed by atoms with Crippen molar-refractivity contribution in [3.8, 4) is 0 Å². The third kappa shape index (κ3) is 2.95. The topological polar surface area (TPSA) is 46.1 Å². The van der Waals surface area contributed by atoms with Gasteiger partial charge in [-0.15, -0.1) is 5.10 Å². The Morgan fingerprint density at radius 1 is 1.52 bits per heavy atom. The van der Waals surface area contributed by atoms with Gasteiger partial charge in [0.1, 0.15) is 10.7 Å². The van der Waals surface area contributed by atoms with Crippen molar-refractivity contribution in [2.75, 3.05) is 6.54 Å². The largest absolute Gasteiger partial charge is 0.335 e. The molecule has 21 heavy (non-hydrogen) atoms. The molecule has 1 aliphatic heterocycles. The molecular weight excluding hydrogens is 289 g/mol. The van der Waals surface area contributed by atoms with E-state index < -0.39 is 0 Å². The first-order valence-corrected chi connectivity index (χ1v) is 7.77. The Kier molecular flexibility index (Phi) is 3.96. The minimum absolute atomic E-state index is 0.00130. The van der Waals surface area contributed by atoms with E-state index in [1.165, 1.54) is 6.07 Å². The lowest BCUT2D eigenvalue weighted by Crippen LogP contribution is -2.36. The van der Waals surface area contributed by atoms with E-state index in [-0.39, 0.29) is 17.8 Å². The summed E-state index contributed by atoms with van der Waals surface area (Å²) in [5, 5.41) is 3.90. The Labute approximate surface area is 126 Å². The molecule has 1 amide bonds. The van der Waals surface area contributed by atoms with Gasteiger partial charge in [-0.2, -0.15) is 0 Å². The number of rotatable bonds is 3. The van der Waals surface area contributed by atoms with Gasteiger partial charge in [-0.3, -0.25) is 4.79 Å². The van der Waals surface area contributed by atoms with Crippen LogP contribution in [-0.4, -0.2) is 33.0 Å². The summed E-state index contributed by atoms with van der Waals surface area (Å²) in [6, 6.07) is 6.72. The molecule has 1 fully saturated rings. The first-order chi connectivity index (χ1) is 10.1. The maximum absolute atomic E-state index is 13.3. The SMILES string of the molecule is Cc1nnsc1C(=O)N1CCC[C@H]1Cc1cccc(F)c1. The number of carbonyl (C=O) groups excluding carboxylic acids is 1. The zero-order chi connectivity index (χ0) is 14.8. The van der Waals surface area contributed by atoms with Crippen molar-refractivity contribution in [3.05, 3.63) is 46.2 Å². The molecule has 0 saturated carbocycles. The van der Waals surface area contributed by atoms with Crippen LogP contribution in [0, 0.1) is 12.7 Å². The molecule has 1 saturated heterocycles. The highest BCUT2D eigenvalue weighted by Gasteiger charge is 2.31. The Balaban J connectivity index is 1.77. The van der Waals surface area contributed by atoms with E-state index in [1.54, 1.807) is 19.1 Å². The van der Waals surface area contributed by atoms with Gasteiger partial charge in [-0.05, 0) is 55.4 Å². The number of hydrogen-bond acceptors (Lipinski definition) is 4. The van der Waals surface area contributed by atoms with Crippen LogP contribution >= 0.6 is 11.5 Å². The summed E-state index contributed by atoms with van der Waals surface area (Å²) >= 11 is 1.14. The van der Waals surface area contributed by atoms with Gasteiger partial charge in [0.25, 0.3) is 5.91 Å². The average molecular weight is 305 g/mol. The number of aryl methyl sites for hydroxylation is 1. The summed E-state index contributed by atoms with van der Waals surface area (Å²) in [7, 11) is 0. The van der Waals surface area contributed by atoms with E-state index in [2.05, 4.69) is 9.59 Å². The third-order valence-corrected chi connectivity index (χ3v) is 4.66. The van der Waals surface area contributed by atoms with E-state index >= 15 is 0 Å². The Hall–Kier alpha value is -1.82. The first kappa shape index (κ1) is 14.1. The van der Waals surface area contributed by atoms with Gasteiger partial charge in [0.2, 0.25) is 0 Å². The lowest BCUT2D eigenvalue weighted by Gasteiger charge is -2.24. The Bertz CT molecular complexity index is 658. The summed E-state index contributed by atoms with van der Waals surface area (Å²) in [5.41, 5.74) is 1.61. The number of halogens is 1. The van der Waals surface area contributed by atoms with Gasteiger partial charge < -0.3 is 4.90 Å². The van der Waals surface area contributed by atoms with Crippen LogP contribution in [0.5, 0.6) is 0 Å². The highest BCUT2D eigenvalue weighted by Crippen LogP contribution is 2.25. The van der Waals surface area contributed by atoms with E-state index in [9.17, 15) is 9.18 Å². The minimum atomic E-state index is -0.231. The predicted octanol–water partition coefficient (Wildman–Crippen LogP) is 2.83. The molecule has 3 rings (SSSR count). The van der Waals surface area contributed by atoms with E-state index in [0.717, 1.165) is 36.5 Å². The zero-order valence-electron chi connectivity index (χ0n) is 11.8. The minimum Gasteiger partial charge on any atom is -0.335 e. The average Bonchev–Trinajstić information content (AvgIpc) is 3.07. The number of amides is 1. The van der Waals surface area contributed by atoms with Gasteiger partial charge in [-0.1, -0.05) is 16.6 Å². The number of likely N-dealkylation sites (tertiary alicyclic amines) is 1. The van der Waals surface area contributed by atoms with Crippen molar-refractivity contribution >= 4 is 17.4 Å². The highest BCUT2D eigenvalue weighted by molar-refractivity contribution is 7.07. The molecule has 110 valence electrons. The Morgan fingerprint density at radius 2 is 2.38 bits per heavy atom. The van der Waals surface area contributed by atoms with Crippen molar-refractivity contribution in [1.29, 1.82) is 0 Å². The molecule has 0 radical (unpaired) electrons. The third-order valence-electron chi connectivity index (χ3n) is 3.84. The molecule has 0 N–H and O–H groups in total. The zero-order valence-corrected chi connectivity index (χ0v) is 12.6. The molecule has 0 aliphatic carbocycles. The molecule has 2 aromatic rings. The monoisotopic (exact) mass is 305 g/mol. The normalized spacial score (nSPS) is 18.2. The van der Waals surface area contributed by atoms with Crippen LogP contribution in [0.2, 0.25) is 0 Å². The molecule has 0 bridgehead atoms. The fourth-order valence-corrected chi connectivity index (χ4v) is 3.42. The number of aromatic nitrogens is 2. The lowest BCUT2D eigenvalue weighted by molar-refractivity contribution is 0.0740. The number of nitrogens with zero attached hydrogens (tertiary/aromatic N) is 3. The van der Waals surface area contributed by atoms with Crippen molar-refractivity contribution in [1.82, 2.24) is 14.5 Å². The van der Waals surface area contributed by atoms with Crippen molar-refractivity contribution < 1.29 is 9.18 Å². The van der Waals surface area contributed by atoms with Gasteiger partial charge in [0.15, 0.2) is 0 Å². The lowest BCUT2D eigenvalue weighted by atomic mass is 10.0. The fourth-order valence-electron chi connectivity index (χ4n) is 2.81. The van der Waals surface area contributed by atoms with Crippen molar-refractivity contribution in [2.24, 2.45) is 0 Å². The second-order valence-corrected chi connectivity index (χ2v) is 6.07.